The van der Waals surface area contributed by atoms with Crippen molar-refractivity contribution in [2.24, 2.45) is 5.73 Å². The molecule has 0 bridgehead atoms. The van der Waals surface area contributed by atoms with E-state index in [4.69, 9.17) is 11.1 Å². The van der Waals surface area contributed by atoms with Crippen molar-refractivity contribution in [3.05, 3.63) is 12.3 Å². The lowest BCUT2D eigenvalue weighted by Gasteiger charge is -1.69. The summed E-state index contributed by atoms with van der Waals surface area (Å²) in [6, 6.07) is 0. The molecule has 0 aliphatic carbocycles. The van der Waals surface area contributed by atoms with Gasteiger partial charge in [0.2, 0.25) is 0 Å². The predicted molar refractivity (Wildman–Crippen MR) is 26.7 cm³/mol. The molecule has 0 fully saturated rings. The van der Waals surface area contributed by atoms with Crippen LogP contribution >= 0.6 is 0 Å². The molecule has 0 unspecified atom stereocenters. The van der Waals surface area contributed by atoms with Crippen molar-refractivity contribution >= 4 is 6.21 Å². The molecule has 0 aromatic heterocycles. The Bertz CT molecular complexity index is 56.6. The van der Waals surface area contributed by atoms with Crippen LogP contribution in [0.1, 0.15) is 6.42 Å². The largest absolute Gasteiger partial charge is 0.405 e. The molecular weight excluding hydrogens is 76.1 g/mol. The quantitative estimate of drug-likeness (QED) is 0.470. The van der Waals surface area contributed by atoms with Crippen LogP contribution in [0.3, 0.4) is 0 Å². The third-order valence-electron chi connectivity index (χ3n) is 0.390. The summed E-state index contributed by atoms with van der Waals surface area (Å²) in [6.45, 7) is 0. The maximum atomic E-state index is 6.47. The monoisotopic (exact) mass is 84.1 g/mol. The van der Waals surface area contributed by atoms with Crippen molar-refractivity contribution in [2.75, 3.05) is 0 Å². The molecule has 0 aliphatic rings. The van der Waals surface area contributed by atoms with Crippen LogP contribution < -0.4 is 5.73 Å². The summed E-state index contributed by atoms with van der Waals surface area (Å²) in [5, 5.41) is 6.47. The highest BCUT2D eigenvalue weighted by molar-refractivity contribution is 5.55. The first-order valence-electron chi connectivity index (χ1n) is 1.77. The van der Waals surface area contributed by atoms with Crippen molar-refractivity contribution in [3.8, 4) is 0 Å². The molecule has 2 nitrogen and oxygen atoms in total. The fourth-order valence-corrected chi connectivity index (χ4v) is 0.147. The number of nitrogens with two attached hydrogens (primary N) is 1. The van der Waals surface area contributed by atoms with Crippen LogP contribution in [-0.2, 0) is 0 Å². The molecule has 0 rings (SSSR count). The molecule has 3 N–H and O–H groups in total. The van der Waals surface area contributed by atoms with Gasteiger partial charge in [-0.15, -0.1) is 0 Å². The zero-order valence-corrected chi connectivity index (χ0v) is 3.52. The normalized spacial score (nSPS) is 9.33. The first-order valence-corrected chi connectivity index (χ1v) is 1.77. The van der Waals surface area contributed by atoms with Crippen molar-refractivity contribution in [3.63, 3.8) is 0 Å². The lowest BCUT2D eigenvalue weighted by Crippen LogP contribution is -1.75. The Morgan fingerprint density at radius 2 is 2.33 bits per heavy atom. The molecule has 0 heterocycles. The van der Waals surface area contributed by atoms with E-state index in [1.807, 2.05) is 0 Å². The molecule has 0 spiro atoms. The lowest BCUT2D eigenvalue weighted by atomic mass is 10.5. The standard InChI is InChI=1S/C4H8N2/c5-3-1-2-4-6/h1,3-4,6H,2,5H2/b3-1+,6-4?. The predicted octanol–water partition coefficient (Wildman–Crippen LogP) is 0.498. The highest BCUT2D eigenvalue weighted by atomic mass is 14.5. The van der Waals surface area contributed by atoms with Crippen LogP contribution in [0.15, 0.2) is 12.3 Å². The molecule has 34 valence electrons. The van der Waals surface area contributed by atoms with E-state index < -0.39 is 0 Å². The molecule has 0 saturated carbocycles. The maximum absolute atomic E-state index is 6.47. The molecule has 6 heavy (non-hydrogen) atoms. The topological polar surface area (TPSA) is 49.9 Å². The van der Waals surface area contributed by atoms with E-state index in [2.05, 4.69) is 0 Å². The van der Waals surface area contributed by atoms with Gasteiger partial charge < -0.3 is 11.1 Å². The van der Waals surface area contributed by atoms with E-state index in [1.54, 1.807) is 6.08 Å². The Labute approximate surface area is 37.2 Å². The number of hydrogen-bond acceptors (Lipinski definition) is 2. The zero-order valence-electron chi connectivity index (χ0n) is 3.52. The Morgan fingerprint density at radius 1 is 1.67 bits per heavy atom. The van der Waals surface area contributed by atoms with Crippen LogP contribution in [0.2, 0.25) is 0 Å². The second kappa shape index (κ2) is 4.21. The van der Waals surface area contributed by atoms with E-state index in [-0.39, 0.29) is 0 Å². The number of allylic oxidation sites excluding steroid dienone is 1. The van der Waals surface area contributed by atoms with Gasteiger partial charge in [0.15, 0.2) is 0 Å². The Hall–Kier alpha value is -0.790. The highest BCUT2D eigenvalue weighted by Gasteiger charge is 1.59. The van der Waals surface area contributed by atoms with Crippen molar-refractivity contribution in [1.29, 1.82) is 5.41 Å². The van der Waals surface area contributed by atoms with Gasteiger partial charge in [0.1, 0.15) is 0 Å². The SMILES string of the molecule is N=CC/C=C/N. The van der Waals surface area contributed by atoms with E-state index in [1.165, 1.54) is 12.4 Å². The van der Waals surface area contributed by atoms with Gasteiger partial charge in [0.05, 0.1) is 0 Å². The molecule has 2 heteroatoms. The molecule has 0 aliphatic heterocycles. The second-order valence-corrected chi connectivity index (χ2v) is 0.868. The fraction of sp³-hybridized carbons (Fsp3) is 0.250. The summed E-state index contributed by atoms with van der Waals surface area (Å²) in [7, 11) is 0. The van der Waals surface area contributed by atoms with Gasteiger partial charge in [-0.1, -0.05) is 6.08 Å². The summed E-state index contributed by atoms with van der Waals surface area (Å²) in [5.74, 6) is 0. The third kappa shape index (κ3) is 3.21. The lowest BCUT2D eigenvalue weighted by molar-refractivity contribution is 1.41. The molecule has 0 saturated heterocycles. The Morgan fingerprint density at radius 3 is 2.50 bits per heavy atom. The van der Waals surface area contributed by atoms with Gasteiger partial charge in [0.25, 0.3) is 0 Å². The van der Waals surface area contributed by atoms with Crippen LogP contribution in [0.5, 0.6) is 0 Å². The van der Waals surface area contributed by atoms with Crippen LogP contribution in [-0.4, -0.2) is 6.21 Å². The summed E-state index contributed by atoms with van der Waals surface area (Å²) in [6.07, 6.45) is 5.10. The maximum Gasteiger partial charge on any atom is 0.00170 e. The Kier molecular flexibility index (Phi) is 3.66. The van der Waals surface area contributed by atoms with E-state index >= 15 is 0 Å². The first-order chi connectivity index (χ1) is 2.91. The fourth-order valence-electron chi connectivity index (χ4n) is 0.147. The summed E-state index contributed by atoms with van der Waals surface area (Å²) >= 11 is 0. The van der Waals surface area contributed by atoms with Crippen molar-refractivity contribution in [2.45, 2.75) is 6.42 Å². The first kappa shape index (κ1) is 5.21. The molecule has 0 atom stereocenters. The third-order valence-corrected chi connectivity index (χ3v) is 0.390. The Balaban J connectivity index is 2.85. The molecule has 0 aromatic rings. The average molecular weight is 84.1 g/mol. The summed E-state index contributed by atoms with van der Waals surface area (Å²) in [5.41, 5.74) is 4.93. The number of nitrogens with one attached hydrogen (secondary N) is 1. The summed E-state index contributed by atoms with van der Waals surface area (Å²) in [4.78, 5) is 0. The van der Waals surface area contributed by atoms with Crippen molar-refractivity contribution in [1.82, 2.24) is 0 Å². The molecule has 0 radical (unpaired) electrons. The smallest absolute Gasteiger partial charge is 0.00170 e. The molecule has 0 amide bonds. The van der Waals surface area contributed by atoms with Gasteiger partial charge in [-0.25, -0.2) is 0 Å². The molecule has 0 aromatic carbocycles. The second-order valence-electron chi connectivity index (χ2n) is 0.868. The van der Waals surface area contributed by atoms with Crippen LogP contribution in [0.4, 0.5) is 0 Å². The van der Waals surface area contributed by atoms with Gasteiger partial charge >= 0.3 is 0 Å². The molecular formula is C4H8N2. The zero-order chi connectivity index (χ0) is 4.83. The van der Waals surface area contributed by atoms with E-state index in [0.29, 0.717) is 6.42 Å². The van der Waals surface area contributed by atoms with Crippen LogP contribution in [0, 0.1) is 5.41 Å². The summed E-state index contributed by atoms with van der Waals surface area (Å²) < 4.78 is 0. The number of rotatable bonds is 2. The highest BCUT2D eigenvalue weighted by Crippen LogP contribution is 1.68. The van der Waals surface area contributed by atoms with Crippen molar-refractivity contribution < 1.29 is 0 Å². The van der Waals surface area contributed by atoms with Crippen LogP contribution in [0.25, 0.3) is 0 Å². The minimum Gasteiger partial charge on any atom is -0.405 e. The van der Waals surface area contributed by atoms with Gasteiger partial charge in [0, 0.05) is 6.42 Å². The minimum absolute atomic E-state index is 0.649. The van der Waals surface area contributed by atoms with E-state index in [9.17, 15) is 0 Å². The van der Waals surface area contributed by atoms with Gasteiger partial charge in [-0.3, -0.25) is 0 Å². The van der Waals surface area contributed by atoms with E-state index in [0.717, 1.165) is 0 Å². The van der Waals surface area contributed by atoms with Gasteiger partial charge in [-0.05, 0) is 12.4 Å². The average Bonchev–Trinajstić information content (AvgIpc) is 1.61. The van der Waals surface area contributed by atoms with Gasteiger partial charge in [-0.2, -0.15) is 0 Å². The minimum atomic E-state index is 0.649. The number of hydrogen-bond donors (Lipinski definition) is 2.